The molecule has 0 spiro atoms. The molecule has 0 saturated carbocycles. The van der Waals surface area contributed by atoms with Crippen molar-refractivity contribution in [1.82, 2.24) is 30.3 Å². The second-order valence-electron chi connectivity index (χ2n) is 7.07. The number of halogens is 3. The second kappa shape index (κ2) is 8.97. The fraction of sp³-hybridized carbons (Fsp3) is 0.263. The number of carbonyl (C=O) groups excluding carboxylic acids is 2. The fourth-order valence-corrected chi connectivity index (χ4v) is 3.48. The molecule has 172 valence electrons. The van der Waals surface area contributed by atoms with E-state index in [-0.39, 0.29) is 35.1 Å². The van der Waals surface area contributed by atoms with Crippen molar-refractivity contribution in [3.05, 3.63) is 58.0 Å². The molecule has 1 saturated heterocycles. The lowest BCUT2D eigenvalue weighted by molar-refractivity contribution is -0.138. The van der Waals surface area contributed by atoms with Crippen LogP contribution in [0.2, 0.25) is 0 Å². The van der Waals surface area contributed by atoms with Crippen LogP contribution in [0.3, 0.4) is 0 Å². The van der Waals surface area contributed by atoms with Crippen LogP contribution in [-0.4, -0.2) is 68.3 Å². The summed E-state index contributed by atoms with van der Waals surface area (Å²) in [5.74, 6) is -0.582. The molecule has 3 N–H and O–H groups in total. The number of piperazine rings is 1. The Balaban J connectivity index is 1.38. The number of rotatable bonds is 4. The Morgan fingerprint density at radius 1 is 1.00 bits per heavy atom. The molecule has 3 aromatic rings. The number of hydrogen-bond donors (Lipinski definition) is 3. The maximum Gasteiger partial charge on any atom is 0.417 e. The quantitative estimate of drug-likeness (QED) is 0.493. The number of amides is 2. The van der Waals surface area contributed by atoms with E-state index in [0.29, 0.717) is 18.9 Å². The van der Waals surface area contributed by atoms with Gasteiger partial charge in [-0.3, -0.25) is 25.1 Å². The summed E-state index contributed by atoms with van der Waals surface area (Å²) in [6.45, 7) is 1.13. The number of nitrogens with zero attached hydrogens (tertiary/aromatic N) is 5. The average molecular weight is 478 g/mol. The average Bonchev–Trinajstić information content (AvgIpc) is 3.22. The Hall–Kier alpha value is -3.81. The van der Waals surface area contributed by atoms with Crippen molar-refractivity contribution >= 4 is 35.8 Å². The normalized spacial score (nSPS) is 14.3. The lowest BCUT2D eigenvalue weighted by Crippen LogP contribution is -2.49. The maximum absolute atomic E-state index is 13.2. The zero-order chi connectivity index (χ0) is 23.6. The lowest BCUT2D eigenvalue weighted by Gasteiger charge is -2.35. The van der Waals surface area contributed by atoms with E-state index in [0.717, 1.165) is 6.07 Å². The van der Waals surface area contributed by atoms with Crippen LogP contribution >= 0.6 is 12.2 Å². The van der Waals surface area contributed by atoms with E-state index in [1.807, 2.05) is 4.90 Å². The van der Waals surface area contributed by atoms with Crippen LogP contribution in [0.5, 0.6) is 0 Å². The van der Waals surface area contributed by atoms with E-state index >= 15 is 0 Å². The molecule has 1 aliphatic rings. The molecule has 4 rings (SSSR count). The van der Waals surface area contributed by atoms with Gasteiger partial charge in [0.25, 0.3) is 11.8 Å². The van der Waals surface area contributed by atoms with Crippen LogP contribution in [0.25, 0.3) is 0 Å². The van der Waals surface area contributed by atoms with Crippen molar-refractivity contribution < 1.29 is 22.8 Å². The van der Waals surface area contributed by atoms with Crippen molar-refractivity contribution in [3.63, 3.8) is 0 Å². The smallest absolute Gasteiger partial charge is 0.352 e. The fourth-order valence-electron chi connectivity index (χ4n) is 3.34. The van der Waals surface area contributed by atoms with E-state index in [1.54, 1.807) is 6.07 Å². The highest BCUT2D eigenvalue weighted by Gasteiger charge is 2.36. The van der Waals surface area contributed by atoms with Crippen LogP contribution in [0, 0.1) is 4.77 Å². The van der Waals surface area contributed by atoms with Crippen LogP contribution < -0.4 is 10.2 Å². The van der Waals surface area contributed by atoms with Gasteiger partial charge in [0, 0.05) is 26.2 Å². The van der Waals surface area contributed by atoms with Gasteiger partial charge in [-0.15, -0.1) is 10.2 Å². The number of nitrogens with one attached hydrogen (secondary N) is 3. The molecular weight excluding hydrogens is 461 g/mol. The lowest BCUT2D eigenvalue weighted by atomic mass is 10.1. The number of aromatic amines is 2. The first kappa shape index (κ1) is 22.4. The summed E-state index contributed by atoms with van der Waals surface area (Å²) in [6, 6.07) is 7.83. The van der Waals surface area contributed by atoms with E-state index in [4.69, 9.17) is 12.2 Å². The highest BCUT2D eigenvalue weighted by molar-refractivity contribution is 7.71. The summed E-state index contributed by atoms with van der Waals surface area (Å²) in [4.78, 5) is 32.0. The third-order valence-electron chi connectivity index (χ3n) is 4.97. The Bertz CT molecular complexity index is 1220. The molecule has 10 nitrogen and oxygen atoms in total. The second-order valence-corrected chi connectivity index (χ2v) is 7.46. The van der Waals surface area contributed by atoms with Gasteiger partial charge in [-0.2, -0.15) is 18.2 Å². The number of H-pyrrole nitrogens is 2. The molecule has 0 atom stereocenters. The van der Waals surface area contributed by atoms with Gasteiger partial charge < -0.3 is 9.80 Å². The zero-order valence-electron chi connectivity index (χ0n) is 16.9. The van der Waals surface area contributed by atoms with Crippen LogP contribution in [-0.2, 0) is 6.18 Å². The number of carbonyl (C=O) groups is 2. The molecule has 33 heavy (non-hydrogen) atoms. The molecule has 1 aliphatic heterocycles. The monoisotopic (exact) mass is 478 g/mol. The highest BCUT2D eigenvalue weighted by atomic mass is 32.1. The van der Waals surface area contributed by atoms with Crippen LogP contribution in [0.4, 0.5) is 24.9 Å². The molecule has 1 aromatic carbocycles. The maximum atomic E-state index is 13.2. The summed E-state index contributed by atoms with van der Waals surface area (Å²) in [5, 5.41) is 15.6. The van der Waals surface area contributed by atoms with E-state index in [1.165, 1.54) is 29.2 Å². The van der Waals surface area contributed by atoms with Crippen molar-refractivity contribution in [3.8, 4) is 0 Å². The number of benzene rings is 1. The number of anilines is 2. The summed E-state index contributed by atoms with van der Waals surface area (Å²) in [5.41, 5.74) is -1.27. The predicted octanol–water partition coefficient (Wildman–Crippen LogP) is 2.49. The highest BCUT2D eigenvalue weighted by Crippen LogP contribution is 2.32. The molecule has 0 bridgehead atoms. The van der Waals surface area contributed by atoms with Gasteiger partial charge in [0.2, 0.25) is 10.7 Å². The third-order valence-corrected chi connectivity index (χ3v) is 5.16. The first-order valence-corrected chi connectivity index (χ1v) is 10.1. The molecule has 0 aliphatic carbocycles. The van der Waals surface area contributed by atoms with Gasteiger partial charge in [-0.05, 0) is 36.5 Å². The van der Waals surface area contributed by atoms with Gasteiger partial charge in [0.1, 0.15) is 0 Å². The Kier molecular flexibility index (Phi) is 6.09. The zero-order valence-corrected chi connectivity index (χ0v) is 17.7. The summed E-state index contributed by atoms with van der Waals surface area (Å²) in [6.07, 6.45) is -4.61. The minimum Gasteiger partial charge on any atom is -0.352 e. The Labute approximate surface area is 189 Å². The minimum atomic E-state index is -4.61. The van der Waals surface area contributed by atoms with Crippen molar-refractivity contribution in [2.24, 2.45) is 0 Å². The largest absolute Gasteiger partial charge is 0.417 e. The first-order valence-electron chi connectivity index (χ1n) is 9.72. The Morgan fingerprint density at radius 2 is 1.73 bits per heavy atom. The van der Waals surface area contributed by atoms with Gasteiger partial charge in [0.05, 0.1) is 11.1 Å². The summed E-state index contributed by atoms with van der Waals surface area (Å²) in [7, 11) is 0. The van der Waals surface area contributed by atoms with Gasteiger partial charge in [0.15, 0.2) is 11.5 Å². The van der Waals surface area contributed by atoms with Gasteiger partial charge in [-0.25, -0.2) is 0 Å². The number of alkyl halides is 3. The molecular formula is C19H17F3N8O2S. The van der Waals surface area contributed by atoms with E-state index < -0.39 is 23.6 Å². The molecule has 0 unspecified atom stereocenters. The first-order chi connectivity index (χ1) is 15.7. The van der Waals surface area contributed by atoms with Crippen molar-refractivity contribution in [2.45, 2.75) is 6.18 Å². The standard InChI is InChI=1S/C19H17F3N8O2S/c20-19(21,22)12-4-2-1-3-11(12)16(32)30-9-7-29(8-10-30)14-6-5-13(25-26-14)15(31)23-17-24-18(33)28-27-17/h1-6H,7-10H2,(H3,23,24,27,28,31,33). The van der Waals surface area contributed by atoms with E-state index in [2.05, 4.69) is 30.7 Å². The van der Waals surface area contributed by atoms with Crippen molar-refractivity contribution in [2.75, 3.05) is 36.4 Å². The van der Waals surface area contributed by atoms with Crippen LogP contribution in [0.1, 0.15) is 26.4 Å². The van der Waals surface area contributed by atoms with E-state index in [9.17, 15) is 22.8 Å². The topological polar surface area (TPSA) is 123 Å². The summed E-state index contributed by atoms with van der Waals surface area (Å²) >= 11 is 4.81. The molecule has 3 heterocycles. The Morgan fingerprint density at radius 3 is 2.33 bits per heavy atom. The molecule has 1 fully saturated rings. The molecule has 14 heteroatoms. The molecule has 2 aromatic heterocycles. The SMILES string of the molecule is O=C(Nc1nc(=S)[nH][nH]1)c1ccc(N2CCN(C(=O)c3ccccc3C(F)(F)F)CC2)nn1. The van der Waals surface area contributed by atoms with Crippen LogP contribution in [0.15, 0.2) is 36.4 Å². The predicted molar refractivity (Wildman–Crippen MR) is 113 cm³/mol. The van der Waals surface area contributed by atoms with Gasteiger partial charge >= 0.3 is 6.18 Å². The van der Waals surface area contributed by atoms with Crippen molar-refractivity contribution in [1.29, 1.82) is 0 Å². The minimum absolute atomic E-state index is 0.0543. The van der Waals surface area contributed by atoms with Gasteiger partial charge in [-0.1, -0.05) is 12.1 Å². The molecule has 0 radical (unpaired) electrons. The molecule has 2 amide bonds. The number of hydrogen-bond acceptors (Lipinski definition) is 7. The summed E-state index contributed by atoms with van der Waals surface area (Å²) < 4.78 is 39.9. The number of aromatic nitrogens is 5. The third kappa shape index (κ3) is 5.00.